The van der Waals surface area contributed by atoms with E-state index in [0.29, 0.717) is 43.1 Å². The Morgan fingerprint density at radius 2 is 1.14 bits per heavy atom. The number of nitrogens with one attached hydrogen (secondary N) is 3. The summed E-state index contributed by atoms with van der Waals surface area (Å²) in [5, 5.41) is 12.6. The number of Topliss-reactive ketones (excluding diaryl/α,β-unsaturated/α-hetero) is 1. The van der Waals surface area contributed by atoms with Gasteiger partial charge in [-0.3, -0.25) is 24.2 Å². The van der Waals surface area contributed by atoms with Gasteiger partial charge >= 0.3 is 24.1 Å². The fraction of sp³-hybridized carbons (Fsp3) is 0.778. The number of hydrogen-bond donors (Lipinski definition) is 4. The van der Waals surface area contributed by atoms with Crippen LogP contribution in [0.15, 0.2) is 34.4 Å². The Morgan fingerprint density at radius 3 is 1.52 bits per heavy atom. The maximum Gasteiger partial charge on any atom is 0.407 e. The number of nitrogens with two attached hydrogens (primary N) is 1. The minimum atomic E-state index is -0.655. The van der Waals surface area contributed by atoms with Gasteiger partial charge in [-0.2, -0.15) is 0 Å². The second-order valence-corrected chi connectivity index (χ2v) is 27.2. The molecule has 0 spiro atoms. The third kappa shape index (κ3) is 64.7. The Labute approximate surface area is 502 Å². The molecule has 0 saturated carbocycles. The largest absolute Gasteiger partial charge is 0.463 e. The third-order valence-electron chi connectivity index (χ3n) is 9.53. The summed E-state index contributed by atoms with van der Waals surface area (Å²) in [5.74, 6) is 3.44. The van der Waals surface area contributed by atoms with Gasteiger partial charge in [0.2, 0.25) is 5.91 Å². The van der Waals surface area contributed by atoms with E-state index in [1.165, 1.54) is 5.75 Å². The number of urea groups is 1. The van der Waals surface area contributed by atoms with Gasteiger partial charge < -0.3 is 40.7 Å². The smallest absolute Gasteiger partial charge is 0.407 e. The monoisotopic (exact) mass is 1180 g/mol. The molecule has 2 atom stereocenters. The summed E-state index contributed by atoms with van der Waals surface area (Å²) in [5.41, 5.74) is 6.77. The molecular weight excluding hydrogens is 1060 g/mol. The van der Waals surface area contributed by atoms with Crippen LogP contribution in [-0.4, -0.2) is 103 Å². The van der Waals surface area contributed by atoms with Crippen LogP contribution in [0.4, 0.5) is 9.59 Å². The van der Waals surface area contributed by atoms with Gasteiger partial charge in [0, 0.05) is 54.9 Å². The highest BCUT2D eigenvalue weighted by molar-refractivity contribution is 8.76. The number of rotatable bonds is 29. The van der Waals surface area contributed by atoms with Crippen molar-refractivity contribution < 1.29 is 47.8 Å². The normalized spacial score (nSPS) is 11.9. The molecule has 0 aliphatic heterocycles. The Kier molecular flexibility index (Phi) is 55.4. The van der Waals surface area contributed by atoms with Crippen LogP contribution >= 0.6 is 21.6 Å². The average molecular weight is 1190 g/mol. The van der Waals surface area contributed by atoms with Crippen molar-refractivity contribution in [3.05, 3.63) is 35.4 Å². The summed E-state index contributed by atoms with van der Waals surface area (Å²) >= 11 is 0. The van der Waals surface area contributed by atoms with E-state index >= 15 is 0 Å². The summed E-state index contributed by atoms with van der Waals surface area (Å²) in [6.07, 6.45) is 5.45. The fourth-order valence-electron chi connectivity index (χ4n) is 5.62. The van der Waals surface area contributed by atoms with E-state index in [1.54, 1.807) is 20.1 Å². The van der Waals surface area contributed by atoms with E-state index in [-0.39, 0.29) is 90.8 Å². The molecule has 0 bridgehead atoms. The molecule has 1 aromatic carbocycles. The van der Waals surface area contributed by atoms with Gasteiger partial charge in [0.05, 0.1) is 30.1 Å². The molecule has 0 aromatic heterocycles. The van der Waals surface area contributed by atoms with E-state index in [4.69, 9.17) is 24.8 Å². The Morgan fingerprint density at radius 1 is 0.617 bits per heavy atom. The second-order valence-electron chi connectivity index (χ2n) is 24.2. The lowest BCUT2D eigenvalue weighted by Gasteiger charge is -2.25. The van der Waals surface area contributed by atoms with Crippen molar-refractivity contribution in [1.29, 1.82) is 0 Å². The molecule has 0 saturated heterocycles. The predicted octanol–water partition coefficient (Wildman–Crippen LogP) is 14.7. The maximum atomic E-state index is 13.2. The molecule has 1 rings (SSSR count). The number of ether oxygens (including phenoxy) is 3. The molecule has 0 heterocycles. The number of primary amides is 1. The SMILES string of the molecule is CC(C)/C=N/OC(C)C.CC(C)C=NCC(C)C.CC(C)CC(C(=O)N[C@@H](CCCNC(N)=O)C(=O)Cc1ccc(COC(=O)C(C)C)cc1)C(C)C.CC(C)CSSC(C)C.CC(C)NC(=O)OC(C)C.CC(C)OC(=O)C(C)C. The Bertz CT molecular complexity index is 1770. The van der Waals surface area contributed by atoms with E-state index in [0.717, 1.165) is 35.3 Å². The number of carbonyl (C=O) groups excluding carboxylic acids is 6. The summed E-state index contributed by atoms with van der Waals surface area (Å²) in [6, 6.07) is 6.20. The van der Waals surface area contributed by atoms with Crippen molar-refractivity contribution in [1.82, 2.24) is 16.0 Å². The zero-order chi connectivity index (χ0) is 64.0. The lowest BCUT2D eigenvalue weighted by atomic mass is 9.86. The van der Waals surface area contributed by atoms with Crippen LogP contribution in [0.25, 0.3) is 0 Å². The molecular formula is C63H120N6O10S2. The summed E-state index contributed by atoms with van der Waals surface area (Å²) in [6.45, 7) is 53.7. The summed E-state index contributed by atoms with van der Waals surface area (Å²) in [7, 11) is 3.96. The van der Waals surface area contributed by atoms with Crippen LogP contribution in [0.3, 0.4) is 0 Å². The lowest BCUT2D eigenvalue weighted by Crippen LogP contribution is -2.46. The van der Waals surface area contributed by atoms with Crippen molar-refractivity contribution in [2.45, 2.75) is 248 Å². The molecule has 0 fully saturated rings. The molecule has 0 aliphatic carbocycles. The number of ketones is 1. The van der Waals surface area contributed by atoms with Crippen LogP contribution in [0.5, 0.6) is 0 Å². The minimum absolute atomic E-state index is 0.00704. The number of hydrogen-bond acceptors (Lipinski definition) is 14. The van der Waals surface area contributed by atoms with Crippen molar-refractivity contribution >= 4 is 69.8 Å². The first-order valence-corrected chi connectivity index (χ1v) is 32.0. The van der Waals surface area contributed by atoms with Gasteiger partial charge in [-0.25, -0.2) is 9.59 Å². The Balaban J connectivity index is -0.000000337. The zero-order valence-electron chi connectivity index (χ0n) is 55.7. The molecule has 18 heteroatoms. The highest BCUT2D eigenvalue weighted by Gasteiger charge is 2.28. The molecule has 16 nitrogen and oxygen atoms in total. The van der Waals surface area contributed by atoms with Crippen LogP contribution in [-0.2, 0) is 51.3 Å². The molecule has 5 N–H and O–H groups in total. The van der Waals surface area contributed by atoms with Crippen LogP contribution in [0.1, 0.15) is 210 Å². The molecule has 4 amide bonds. The van der Waals surface area contributed by atoms with Crippen LogP contribution in [0.2, 0.25) is 0 Å². The number of carbonyl (C=O) groups is 6. The van der Waals surface area contributed by atoms with Gasteiger partial charge in [0.1, 0.15) is 12.7 Å². The van der Waals surface area contributed by atoms with Gasteiger partial charge in [0.15, 0.2) is 5.78 Å². The van der Waals surface area contributed by atoms with Crippen LogP contribution < -0.4 is 21.7 Å². The van der Waals surface area contributed by atoms with Gasteiger partial charge in [-0.1, -0.05) is 176 Å². The van der Waals surface area contributed by atoms with Crippen molar-refractivity contribution in [2.24, 2.45) is 69.1 Å². The van der Waals surface area contributed by atoms with Gasteiger partial charge in [0.25, 0.3) is 0 Å². The molecule has 1 aromatic rings. The van der Waals surface area contributed by atoms with Crippen LogP contribution in [0, 0.1) is 53.3 Å². The first-order chi connectivity index (χ1) is 37.3. The van der Waals surface area contributed by atoms with E-state index in [2.05, 4.69) is 109 Å². The summed E-state index contributed by atoms with van der Waals surface area (Å²) in [4.78, 5) is 79.5. The number of esters is 2. The van der Waals surface area contributed by atoms with E-state index in [1.807, 2.05) is 135 Å². The highest BCUT2D eigenvalue weighted by Crippen LogP contribution is 2.27. The quantitative estimate of drug-likeness (QED) is 0.0147. The van der Waals surface area contributed by atoms with E-state index < -0.39 is 12.1 Å². The number of nitrogens with zero attached hydrogens (tertiary/aromatic N) is 2. The number of amides is 4. The minimum Gasteiger partial charge on any atom is -0.463 e. The van der Waals surface area contributed by atoms with Crippen molar-refractivity contribution in [2.75, 3.05) is 18.8 Å². The zero-order valence-corrected chi connectivity index (χ0v) is 57.3. The lowest BCUT2D eigenvalue weighted by molar-refractivity contribution is -0.151. The fourth-order valence-corrected chi connectivity index (χ4v) is 8.12. The first kappa shape index (κ1) is 85.5. The number of benzene rings is 1. The standard InChI is InChI=1S/C27H43N3O5.C8H17N.C7H15NO2.C7H15NO.C7H14O2.C7H16S2/c1-17(2)14-22(18(3)4)25(32)30-23(8-7-13-29-27(28)34)24(31)15-20-9-11-21(12-10-20)16-35-26(33)19(5)6;1-7(2)5-9-6-8(3)4;1-5(2)8-7(9)10-6(3)4;1-6(2)5-8-9-7(3)4;1-5(2)7(8)9-6(3)4;1-6(2)5-8-9-7(3)4/h9-12,17-19,22-23H,7-8,13-16H2,1-6H3,(H,30,32)(H3,28,29,34);5,7-8H,6H2,1-4H3;5-6H,1-4H3,(H,8,9);5-7H,1-4H3;5-6H,1-4H3;6-7H,5H2,1-4H3/b;;;8-5+;;/t22?,23-;;;;;/m0...../s1. The number of aliphatic imine (C=N–C) groups is 1. The maximum absolute atomic E-state index is 13.2. The van der Waals surface area contributed by atoms with Crippen molar-refractivity contribution in [3.63, 3.8) is 0 Å². The molecule has 0 radical (unpaired) electrons. The van der Waals surface area contributed by atoms with Crippen molar-refractivity contribution in [3.8, 4) is 0 Å². The number of oxime groups is 1. The highest BCUT2D eigenvalue weighted by atomic mass is 33.1. The molecule has 474 valence electrons. The third-order valence-corrected chi connectivity index (χ3v) is 12.8. The second kappa shape index (κ2) is 52.5. The number of alkyl carbamates (subject to hydrolysis) is 1. The molecule has 0 aliphatic rings. The molecule has 1 unspecified atom stereocenters. The molecule has 81 heavy (non-hydrogen) atoms. The van der Waals surface area contributed by atoms with E-state index in [9.17, 15) is 28.8 Å². The average Bonchev–Trinajstić information content (AvgIpc) is 3.30. The summed E-state index contributed by atoms with van der Waals surface area (Å²) < 4.78 is 14.9. The van der Waals surface area contributed by atoms with Gasteiger partial charge in [-0.05, 0) is 121 Å². The predicted molar refractivity (Wildman–Crippen MR) is 345 cm³/mol. The Hall–Kier alpha value is -4.32. The van der Waals surface area contributed by atoms with Gasteiger partial charge in [-0.15, -0.1) is 0 Å². The topological polar surface area (TPSA) is 226 Å². The first-order valence-electron chi connectivity index (χ1n) is 29.6.